The van der Waals surface area contributed by atoms with Crippen LogP contribution in [0.5, 0.6) is 0 Å². The highest BCUT2D eigenvalue weighted by Crippen LogP contribution is 2.54. The molecule has 0 saturated carbocycles. The Morgan fingerprint density at radius 3 is 2.39 bits per heavy atom. The lowest BCUT2D eigenvalue weighted by atomic mass is 9.83. The number of thioether (sulfide) groups is 1. The number of carbonyl (C=O) groups excluding carboxylic acids is 3. The summed E-state index contributed by atoms with van der Waals surface area (Å²) in [4.78, 5) is 55.4. The second-order valence-corrected chi connectivity index (χ2v) is 13.9. The maximum atomic E-state index is 14.1. The van der Waals surface area contributed by atoms with Gasteiger partial charge in [0.2, 0.25) is 17.7 Å². The van der Waals surface area contributed by atoms with Crippen LogP contribution in [0.1, 0.15) is 21.9 Å². The molecule has 4 aromatic carbocycles. The molecule has 232 valence electrons. The minimum Gasteiger partial charge on any atom is -0.324 e. The highest BCUT2D eigenvalue weighted by atomic mass is 79.9. The smallest absolute Gasteiger partial charge is 0.324 e. The van der Waals surface area contributed by atoms with E-state index in [1.165, 1.54) is 16.7 Å². The van der Waals surface area contributed by atoms with Gasteiger partial charge < -0.3 is 5.32 Å². The van der Waals surface area contributed by atoms with Crippen molar-refractivity contribution in [2.45, 2.75) is 28.9 Å². The Labute approximate surface area is 276 Å². The maximum Gasteiger partial charge on any atom is 0.418 e. The Morgan fingerprint density at radius 1 is 0.891 bits per heavy atom. The zero-order chi connectivity index (χ0) is 32.3. The molecule has 0 spiro atoms. The number of hydrogen-bond donors (Lipinski definition) is 1. The molecule has 3 heterocycles. The summed E-state index contributed by atoms with van der Waals surface area (Å²) in [5.41, 5.74) is -0.471. The number of carbonyl (C=O) groups is 3. The van der Waals surface area contributed by atoms with E-state index in [2.05, 4.69) is 21.2 Å². The molecular formula is C33H21BrF3N3O4S2. The van der Waals surface area contributed by atoms with Crippen LogP contribution in [0.15, 0.2) is 105 Å². The van der Waals surface area contributed by atoms with E-state index in [-0.39, 0.29) is 6.54 Å². The summed E-state index contributed by atoms with van der Waals surface area (Å²) in [6.45, 7) is -0.369. The van der Waals surface area contributed by atoms with E-state index in [1.807, 2.05) is 30.3 Å². The Bertz CT molecular complexity index is 2120. The number of halogens is 4. The largest absolute Gasteiger partial charge is 0.418 e. The number of nitrogens with one attached hydrogen (secondary N) is 1. The normalized spacial score (nSPS) is 19.3. The highest BCUT2D eigenvalue weighted by molar-refractivity contribution is 9.10. The topological polar surface area (TPSA) is 88.5 Å². The molecule has 7 nitrogen and oxygen atoms in total. The summed E-state index contributed by atoms with van der Waals surface area (Å²) in [5.74, 6) is -3.98. The fourth-order valence-electron chi connectivity index (χ4n) is 6.13. The van der Waals surface area contributed by atoms with Gasteiger partial charge in [-0.1, -0.05) is 99.7 Å². The Balaban J connectivity index is 1.30. The van der Waals surface area contributed by atoms with Crippen molar-refractivity contribution in [1.29, 1.82) is 0 Å². The van der Waals surface area contributed by atoms with Crippen molar-refractivity contribution in [2.75, 3.05) is 10.2 Å². The van der Waals surface area contributed by atoms with Gasteiger partial charge in [0, 0.05) is 26.3 Å². The second kappa shape index (κ2) is 11.6. The average Bonchev–Trinajstić information content (AvgIpc) is 3.46. The zero-order valence-corrected chi connectivity index (χ0v) is 26.7. The number of nitrogens with zero attached hydrogens (tertiary/aromatic N) is 2. The summed E-state index contributed by atoms with van der Waals surface area (Å²) in [7, 11) is 0. The molecule has 2 aliphatic heterocycles. The molecule has 1 N–H and O–H groups in total. The fourth-order valence-corrected chi connectivity index (χ4v) is 9.32. The van der Waals surface area contributed by atoms with Crippen molar-refractivity contribution in [3.05, 3.63) is 121 Å². The van der Waals surface area contributed by atoms with E-state index in [4.69, 9.17) is 0 Å². The van der Waals surface area contributed by atoms with Crippen LogP contribution in [0.25, 0.3) is 10.8 Å². The molecule has 1 aromatic heterocycles. The molecule has 1 saturated heterocycles. The molecule has 13 heteroatoms. The predicted octanol–water partition coefficient (Wildman–Crippen LogP) is 7.28. The number of para-hydroxylation sites is 1. The first-order chi connectivity index (χ1) is 22.0. The van der Waals surface area contributed by atoms with Crippen molar-refractivity contribution in [2.24, 2.45) is 5.92 Å². The Kier molecular flexibility index (Phi) is 7.65. The van der Waals surface area contributed by atoms with Crippen molar-refractivity contribution in [1.82, 2.24) is 4.57 Å². The van der Waals surface area contributed by atoms with Gasteiger partial charge in [-0.25, -0.2) is 4.90 Å². The summed E-state index contributed by atoms with van der Waals surface area (Å²) in [6.07, 6.45) is -4.81. The number of imide groups is 1. The van der Waals surface area contributed by atoms with Crippen molar-refractivity contribution < 1.29 is 27.6 Å². The Morgan fingerprint density at radius 2 is 1.61 bits per heavy atom. The lowest BCUT2D eigenvalue weighted by Crippen LogP contribution is -2.33. The van der Waals surface area contributed by atoms with Crippen molar-refractivity contribution in [3.8, 4) is 0 Å². The van der Waals surface area contributed by atoms with Crippen LogP contribution < -0.4 is 15.1 Å². The standard InChI is InChI=1S/C33H21BrF3N3O4S2/c34-19-10-5-9-18(15-19)25-26-27(30(43)40(29(26)42)23-14-4-3-12-21(23)33(35,36)37)45-31-28(25)46-32(44)39(31)16-24(41)38-22-13-6-8-17-7-1-2-11-20(17)22/h1-15,25-27H,16H2,(H,38,41)/t25-,26?,27?/m1/s1. The average molecular weight is 725 g/mol. The maximum absolute atomic E-state index is 14.1. The molecule has 0 bridgehead atoms. The third kappa shape index (κ3) is 5.16. The molecule has 7 rings (SSSR count). The SMILES string of the molecule is O=C(Cn1c2c(sc1=O)[C@H](c1cccc(Br)c1)C1C(=O)N(c3ccccc3C(F)(F)F)C(=O)C1S2)Nc1cccc2ccccc12. The molecular weight excluding hydrogens is 703 g/mol. The van der Waals surface area contributed by atoms with Gasteiger partial charge in [-0.05, 0) is 41.3 Å². The van der Waals surface area contributed by atoms with E-state index in [0.29, 0.717) is 30.5 Å². The quantitative estimate of drug-likeness (QED) is 0.193. The highest BCUT2D eigenvalue weighted by Gasteiger charge is 2.57. The first-order valence-electron chi connectivity index (χ1n) is 14.0. The number of anilines is 2. The number of rotatable bonds is 5. The van der Waals surface area contributed by atoms with Crippen LogP contribution >= 0.6 is 39.0 Å². The number of thiazole rings is 1. The van der Waals surface area contributed by atoms with Crippen molar-refractivity contribution in [3.63, 3.8) is 0 Å². The molecule has 2 aliphatic rings. The number of hydrogen-bond acceptors (Lipinski definition) is 6. The van der Waals surface area contributed by atoms with E-state index in [9.17, 15) is 32.3 Å². The van der Waals surface area contributed by atoms with E-state index in [0.717, 1.165) is 46.0 Å². The summed E-state index contributed by atoms with van der Waals surface area (Å²) < 4.78 is 44.0. The molecule has 3 amide bonds. The van der Waals surface area contributed by atoms with Crippen LogP contribution in [-0.2, 0) is 27.1 Å². The molecule has 2 unspecified atom stereocenters. The molecule has 5 aromatic rings. The summed E-state index contributed by atoms with van der Waals surface area (Å²) >= 11 is 5.24. The van der Waals surface area contributed by atoms with E-state index < -0.39 is 57.1 Å². The molecule has 1 fully saturated rings. The first-order valence-corrected chi connectivity index (χ1v) is 16.5. The van der Waals surface area contributed by atoms with E-state index in [1.54, 1.807) is 36.4 Å². The first kappa shape index (κ1) is 30.5. The van der Waals surface area contributed by atoms with Gasteiger partial charge in [0.15, 0.2) is 0 Å². The lowest BCUT2D eigenvalue weighted by molar-refractivity contribution is -0.137. The number of fused-ring (bicyclic) bond motifs is 3. The van der Waals surface area contributed by atoms with Gasteiger partial charge in [-0.15, -0.1) is 0 Å². The monoisotopic (exact) mass is 723 g/mol. The van der Waals surface area contributed by atoms with Gasteiger partial charge in [-0.3, -0.25) is 23.7 Å². The van der Waals surface area contributed by atoms with Gasteiger partial charge in [0.25, 0.3) is 0 Å². The van der Waals surface area contributed by atoms with Crippen LogP contribution in [0.3, 0.4) is 0 Å². The molecule has 46 heavy (non-hydrogen) atoms. The minimum absolute atomic E-state index is 0.335. The summed E-state index contributed by atoms with van der Waals surface area (Å²) in [6, 6.07) is 24.5. The third-order valence-corrected chi connectivity index (χ3v) is 11.2. The van der Waals surface area contributed by atoms with Gasteiger partial charge in [0.05, 0.1) is 22.2 Å². The van der Waals surface area contributed by atoms with Crippen LogP contribution in [-0.4, -0.2) is 27.5 Å². The van der Waals surface area contributed by atoms with Gasteiger partial charge >= 0.3 is 11.0 Å². The minimum atomic E-state index is -4.81. The van der Waals surface area contributed by atoms with Crippen LogP contribution in [0, 0.1) is 5.92 Å². The zero-order valence-electron chi connectivity index (χ0n) is 23.5. The second-order valence-electron chi connectivity index (χ2n) is 10.8. The van der Waals surface area contributed by atoms with Gasteiger partial charge in [0.1, 0.15) is 11.8 Å². The third-order valence-electron chi connectivity index (χ3n) is 8.07. The number of benzene rings is 4. The Hall–Kier alpha value is -4.20. The molecule has 3 atom stereocenters. The van der Waals surface area contributed by atoms with Crippen LogP contribution in [0.4, 0.5) is 24.5 Å². The number of aromatic nitrogens is 1. The molecule has 0 radical (unpaired) electrons. The fraction of sp³-hybridized carbons (Fsp3) is 0.152. The van der Waals surface area contributed by atoms with Crippen molar-refractivity contribution >= 4 is 78.9 Å². The molecule has 0 aliphatic carbocycles. The lowest BCUT2D eigenvalue weighted by Gasteiger charge is -2.30. The van der Waals surface area contributed by atoms with E-state index >= 15 is 0 Å². The number of amides is 3. The predicted molar refractivity (Wildman–Crippen MR) is 174 cm³/mol. The van der Waals surface area contributed by atoms with Crippen LogP contribution in [0.2, 0.25) is 0 Å². The summed E-state index contributed by atoms with van der Waals surface area (Å²) in [5, 5.41) is 3.82. The number of alkyl halides is 3. The van der Waals surface area contributed by atoms with Gasteiger partial charge in [-0.2, -0.15) is 13.2 Å².